The second-order valence-corrected chi connectivity index (χ2v) is 7.02. The molecule has 5 nitrogen and oxygen atoms in total. The number of sulfonamides is 1. The minimum atomic E-state index is -3.74. The summed E-state index contributed by atoms with van der Waals surface area (Å²) in [5.41, 5.74) is 0.248. The molecule has 0 bridgehead atoms. The number of nitrogens with zero attached hydrogens (tertiary/aromatic N) is 1. The summed E-state index contributed by atoms with van der Waals surface area (Å²) in [6.07, 6.45) is 0.951. The lowest BCUT2D eigenvalue weighted by molar-refractivity contribution is -0.115. The molecule has 22 heavy (non-hydrogen) atoms. The average molecular weight is 319 g/mol. The predicted octanol–water partition coefficient (Wildman–Crippen LogP) is 2.54. The second-order valence-electron chi connectivity index (χ2n) is 5.19. The first-order valence-corrected chi connectivity index (χ1v) is 8.59. The first-order chi connectivity index (χ1) is 10.2. The lowest BCUT2D eigenvalue weighted by Crippen LogP contribution is -2.34. The van der Waals surface area contributed by atoms with Crippen LogP contribution in [0.4, 0.5) is 5.69 Å². The Balaban J connectivity index is 2.73. The summed E-state index contributed by atoms with van der Waals surface area (Å²) >= 11 is 0. The Morgan fingerprint density at radius 3 is 2.55 bits per heavy atom. The van der Waals surface area contributed by atoms with Gasteiger partial charge in [0, 0.05) is 23.8 Å². The molecule has 0 heterocycles. The summed E-state index contributed by atoms with van der Waals surface area (Å²) < 4.78 is 30.3. The van der Waals surface area contributed by atoms with Crippen LogP contribution in [0.1, 0.15) is 20.8 Å². The molecule has 116 valence electrons. The number of ether oxygens (including phenoxy) is 1. The van der Waals surface area contributed by atoms with Crippen LogP contribution < -0.4 is 9.04 Å². The molecule has 2 aromatic carbocycles. The van der Waals surface area contributed by atoms with Gasteiger partial charge in [-0.1, -0.05) is 12.1 Å². The zero-order chi connectivity index (χ0) is 16.5. The van der Waals surface area contributed by atoms with Gasteiger partial charge in [-0.25, -0.2) is 12.7 Å². The molecule has 2 aromatic rings. The third-order valence-corrected chi connectivity index (χ3v) is 4.02. The quantitative estimate of drug-likeness (QED) is 0.869. The van der Waals surface area contributed by atoms with Crippen LogP contribution in [0.3, 0.4) is 0 Å². The minimum absolute atomic E-state index is 0.0403. The van der Waals surface area contributed by atoms with E-state index in [0.717, 1.165) is 10.6 Å². The van der Waals surface area contributed by atoms with E-state index in [1.165, 1.54) is 6.92 Å². The first-order valence-electron chi connectivity index (χ1n) is 6.74. The maximum atomic E-state index is 11.9. The summed E-state index contributed by atoms with van der Waals surface area (Å²) in [6.45, 7) is 4.99. The van der Waals surface area contributed by atoms with E-state index >= 15 is 0 Å². The third kappa shape index (κ3) is 3.22. The molecule has 0 aliphatic heterocycles. The number of carbonyl (C=O) groups is 1. The molecule has 0 aromatic heterocycles. The highest BCUT2D eigenvalue weighted by Crippen LogP contribution is 2.33. The van der Waals surface area contributed by atoms with Gasteiger partial charge in [-0.05, 0) is 32.0 Å². The van der Waals surface area contributed by atoms with Crippen LogP contribution in [-0.4, -0.2) is 26.7 Å². The number of rotatable bonds is 4. The zero-order valence-electron chi connectivity index (χ0n) is 12.9. The summed E-state index contributed by atoms with van der Waals surface area (Å²) in [5.74, 6) is -0.0128. The molecule has 0 N–H and O–H groups in total. The van der Waals surface area contributed by atoms with Crippen molar-refractivity contribution in [3.05, 3.63) is 36.4 Å². The zero-order valence-corrected chi connectivity index (χ0v) is 13.7. The van der Waals surface area contributed by atoms with Gasteiger partial charge in [0.15, 0.2) is 0 Å². The highest BCUT2D eigenvalue weighted by Gasteiger charge is 2.24. The third-order valence-electron chi connectivity index (χ3n) is 2.91. The van der Waals surface area contributed by atoms with E-state index < -0.39 is 15.9 Å². The number of hydrogen-bond donors (Lipinski definition) is 0. The highest BCUT2D eigenvalue weighted by atomic mass is 32.2. The van der Waals surface area contributed by atoms with E-state index in [2.05, 4.69) is 12.1 Å². The van der Waals surface area contributed by atoms with Crippen molar-refractivity contribution in [3.8, 4) is 5.75 Å². The number of amides is 1. The molecule has 0 saturated carbocycles. The van der Waals surface area contributed by atoms with E-state index in [4.69, 9.17) is 4.74 Å². The van der Waals surface area contributed by atoms with Crippen LogP contribution >= 0.6 is 0 Å². The fourth-order valence-corrected chi connectivity index (χ4v) is 3.21. The molecule has 0 atom stereocenters. The van der Waals surface area contributed by atoms with Crippen molar-refractivity contribution in [1.82, 2.24) is 0 Å². The summed E-state index contributed by atoms with van der Waals surface area (Å²) in [7, 11) is -3.74. The molecule has 6 heteroatoms. The SMILES string of the molecule is CC(=O)N(c1cccc2c(OC(C)C)c[c][c]c12)S(C)(=O)=O. The van der Waals surface area contributed by atoms with Crippen LogP contribution in [0.15, 0.2) is 24.3 Å². The van der Waals surface area contributed by atoms with Crippen LogP contribution in [0.2, 0.25) is 0 Å². The number of fused-ring (bicyclic) bond motifs is 1. The summed E-state index contributed by atoms with van der Waals surface area (Å²) in [6, 6.07) is 12.4. The van der Waals surface area contributed by atoms with Gasteiger partial charge in [-0.15, -0.1) is 0 Å². The van der Waals surface area contributed by atoms with Gasteiger partial charge >= 0.3 is 0 Å². The molecule has 2 radical (unpaired) electrons. The van der Waals surface area contributed by atoms with Crippen molar-refractivity contribution < 1.29 is 17.9 Å². The first kappa shape index (κ1) is 16.3. The minimum Gasteiger partial charge on any atom is -0.490 e. The van der Waals surface area contributed by atoms with E-state index in [-0.39, 0.29) is 11.8 Å². The molecule has 2 rings (SSSR count). The van der Waals surface area contributed by atoms with Crippen molar-refractivity contribution in [1.29, 1.82) is 0 Å². The number of benzene rings is 2. The Kier molecular flexibility index (Phi) is 4.42. The number of anilines is 1. The molecule has 0 unspecified atom stereocenters. The Hall–Kier alpha value is -2.08. The van der Waals surface area contributed by atoms with Crippen molar-refractivity contribution in [3.63, 3.8) is 0 Å². The van der Waals surface area contributed by atoms with Gasteiger partial charge in [0.25, 0.3) is 0 Å². The predicted molar refractivity (Wildman–Crippen MR) is 85.4 cm³/mol. The average Bonchev–Trinajstić information content (AvgIpc) is 2.37. The fourth-order valence-electron chi connectivity index (χ4n) is 2.23. The fraction of sp³-hybridized carbons (Fsp3) is 0.312. The standard InChI is InChI=1S/C16H17NO4S/c1-11(2)21-16-10-6-7-13-14(16)8-5-9-15(13)17(12(3)18)22(4,19)20/h5,8-11H,1-4H3. The molecule has 0 aliphatic carbocycles. The Labute approximate surface area is 130 Å². The number of carbonyl (C=O) groups excluding carboxylic acids is 1. The Bertz CT molecular complexity index is 812. The van der Waals surface area contributed by atoms with E-state index in [1.807, 2.05) is 13.8 Å². The van der Waals surface area contributed by atoms with Crippen molar-refractivity contribution >= 4 is 32.4 Å². The van der Waals surface area contributed by atoms with E-state index in [9.17, 15) is 13.2 Å². The number of hydrogen-bond acceptors (Lipinski definition) is 4. The van der Waals surface area contributed by atoms with Gasteiger partial charge in [-0.3, -0.25) is 4.79 Å². The molecule has 0 spiro atoms. The van der Waals surface area contributed by atoms with Crippen molar-refractivity contribution in [2.45, 2.75) is 26.9 Å². The lowest BCUT2D eigenvalue weighted by Gasteiger charge is -2.21. The van der Waals surface area contributed by atoms with Gasteiger partial charge in [-0.2, -0.15) is 0 Å². The Morgan fingerprint density at radius 2 is 2.00 bits per heavy atom. The molecular formula is C16H17NO4S. The van der Waals surface area contributed by atoms with Crippen LogP contribution in [0, 0.1) is 12.1 Å². The Morgan fingerprint density at radius 1 is 1.32 bits per heavy atom. The van der Waals surface area contributed by atoms with Gasteiger partial charge in [0.05, 0.1) is 18.0 Å². The summed E-state index contributed by atoms with van der Waals surface area (Å²) in [5, 5.41) is 1.15. The highest BCUT2D eigenvalue weighted by molar-refractivity contribution is 7.92. The van der Waals surface area contributed by atoms with Crippen molar-refractivity contribution in [2.75, 3.05) is 10.6 Å². The van der Waals surface area contributed by atoms with E-state index in [1.54, 1.807) is 24.3 Å². The van der Waals surface area contributed by atoms with E-state index in [0.29, 0.717) is 16.5 Å². The smallest absolute Gasteiger partial charge is 0.238 e. The normalized spacial score (nSPS) is 11.7. The van der Waals surface area contributed by atoms with Crippen LogP contribution in [0.5, 0.6) is 5.75 Å². The molecule has 0 saturated heterocycles. The molecular weight excluding hydrogens is 302 g/mol. The van der Waals surface area contributed by atoms with Gasteiger partial charge < -0.3 is 4.74 Å². The molecule has 0 fully saturated rings. The van der Waals surface area contributed by atoms with Crippen LogP contribution in [-0.2, 0) is 14.8 Å². The molecule has 1 amide bonds. The largest absolute Gasteiger partial charge is 0.490 e. The maximum Gasteiger partial charge on any atom is 0.238 e. The second kappa shape index (κ2) is 5.96. The van der Waals surface area contributed by atoms with Crippen LogP contribution in [0.25, 0.3) is 10.8 Å². The van der Waals surface area contributed by atoms with Crippen molar-refractivity contribution in [2.24, 2.45) is 0 Å². The lowest BCUT2D eigenvalue weighted by atomic mass is 10.1. The summed E-state index contributed by atoms with van der Waals surface area (Å²) in [4.78, 5) is 11.8. The monoisotopic (exact) mass is 319 g/mol. The van der Waals surface area contributed by atoms with Gasteiger partial charge in [0.1, 0.15) is 5.75 Å². The van der Waals surface area contributed by atoms with Gasteiger partial charge in [0.2, 0.25) is 15.9 Å². The molecule has 0 aliphatic rings. The maximum absolute atomic E-state index is 11.9. The topological polar surface area (TPSA) is 63.7 Å².